The first-order valence-electron chi connectivity index (χ1n) is 8.64. The van der Waals surface area contributed by atoms with Gasteiger partial charge in [0.05, 0.1) is 0 Å². The number of hydrogen-bond acceptors (Lipinski definition) is 1. The Bertz CT molecular complexity index is 239. The first-order chi connectivity index (χ1) is 9.77. The summed E-state index contributed by atoms with van der Waals surface area (Å²) < 4.78 is 0. The van der Waals surface area contributed by atoms with Crippen LogP contribution in [0.4, 0.5) is 0 Å². The van der Waals surface area contributed by atoms with Crippen molar-refractivity contribution in [1.82, 2.24) is 0 Å². The molecule has 0 aromatic carbocycles. The molecule has 0 rings (SSSR count). The number of hydrogen-bond donors (Lipinski definition) is 1. The monoisotopic (exact) mass is 388 g/mol. The van der Waals surface area contributed by atoms with Gasteiger partial charge in [-0.15, -0.1) is 0 Å². The molecule has 0 saturated carbocycles. The number of allylic oxidation sites excluding steroid dienone is 2. The molecule has 21 heavy (non-hydrogen) atoms. The minimum absolute atomic E-state index is 0. The zero-order chi connectivity index (χ0) is 14.9. The molecule has 1 N–H and O–H groups in total. The van der Waals surface area contributed by atoms with Gasteiger partial charge in [0.15, 0.2) is 0 Å². The van der Waals surface area contributed by atoms with E-state index in [1.165, 1.54) is 70.6 Å². The molecule has 3 heteroatoms. The maximum absolute atomic E-state index is 10.3. The van der Waals surface area contributed by atoms with Crippen molar-refractivity contribution in [2.24, 2.45) is 0 Å². The fourth-order valence-electron chi connectivity index (χ4n) is 2.35. The first kappa shape index (κ1) is 23.1. The van der Waals surface area contributed by atoms with Crippen molar-refractivity contribution in [2.75, 3.05) is 0 Å². The zero-order valence-electron chi connectivity index (χ0n) is 13.7. The van der Waals surface area contributed by atoms with Crippen LogP contribution in [0.3, 0.4) is 0 Å². The number of carbonyl (C=O) groups is 1. The fraction of sp³-hybridized carbons (Fsp3) is 0.833. The van der Waals surface area contributed by atoms with E-state index in [9.17, 15) is 4.79 Å². The molecule has 0 aromatic heterocycles. The Balaban J connectivity index is 0. The maximum atomic E-state index is 10.3. The Morgan fingerprint density at radius 1 is 0.762 bits per heavy atom. The van der Waals surface area contributed by atoms with Crippen LogP contribution >= 0.6 is 0 Å². The molecular weight excluding hydrogens is 355 g/mol. The van der Waals surface area contributed by atoms with E-state index in [1.807, 2.05) is 0 Å². The molecular formula is C18H34O2Pd. The van der Waals surface area contributed by atoms with E-state index in [1.54, 1.807) is 0 Å². The van der Waals surface area contributed by atoms with Gasteiger partial charge in [0.2, 0.25) is 0 Å². The van der Waals surface area contributed by atoms with Crippen molar-refractivity contribution in [2.45, 2.75) is 96.8 Å². The summed E-state index contributed by atoms with van der Waals surface area (Å²) in [6.45, 7) is 2.26. The quantitative estimate of drug-likeness (QED) is 0.209. The maximum Gasteiger partial charge on any atom is 0.303 e. The molecule has 0 heterocycles. The molecule has 0 spiro atoms. The summed E-state index contributed by atoms with van der Waals surface area (Å²) in [6.07, 6.45) is 21.2. The second kappa shape index (κ2) is 19.9. The smallest absolute Gasteiger partial charge is 0.303 e. The number of aliphatic carboxylic acids is 1. The van der Waals surface area contributed by atoms with Gasteiger partial charge in [-0.3, -0.25) is 4.79 Å². The van der Waals surface area contributed by atoms with Gasteiger partial charge in [0.1, 0.15) is 0 Å². The molecule has 0 atom stereocenters. The van der Waals surface area contributed by atoms with E-state index in [0.29, 0.717) is 6.42 Å². The summed E-state index contributed by atoms with van der Waals surface area (Å²) in [7, 11) is 0. The van der Waals surface area contributed by atoms with Crippen LogP contribution in [0.1, 0.15) is 96.8 Å². The number of carboxylic acids is 1. The van der Waals surface area contributed by atoms with Crippen LogP contribution in [-0.4, -0.2) is 11.1 Å². The largest absolute Gasteiger partial charge is 0.481 e. The topological polar surface area (TPSA) is 37.3 Å². The van der Waals surface area contributed by atoms with Crippen LogP contribution in [0.25, 0.3) is 0 Å². The van der Waals surface area contributed by atoms with Crippen LogP contribution < -0.4 is 0 Å². The van der Waals surface area contributed by atoms with Crippen LogP contribution in [0.15, 0.2) is 12.2 Å². The molecule has 0 aromatic rings. The summed E-state index contributed by atoms with van der Waals surface area (Å²) in [5, 5.41) is 8.51. The van der Waals surface area contributed by atoms with Gasteiger partial charge in [-0.1, -0.05) is 70.4 Å². The first-order valence-corrected chi connectivity index (χ1v) is 8.64. The summed E-state index contributed by atoms with van der Waals surface area (Å²) >= 11 is 0. The van der Waals surface area contributed by atoms with Gasteiger partial charge in [-0.2, -0.15) is 0 Å². The number of carboxylic acid groups (broad SMARTS) is 1. The fourth-order valence-corrected chi connectivity index (χ4v) is 2.35. The van der Waals surface area contributed by atoms with E-state index in [0.717, 1.165) is 12.8 Å². The third kappa shape index (κ3) is 22.3. The SMILES string of the molecule is CCCCCCCCC=CCCCCCCCC(=O)O.[Pd]. The molecule has 0 aliphatic heterocycles. The predicted octanol–water partition coefficient (Wildman–Crippen LogP) is 6.11. The molecule has 0 radical (unpaired) electrons. The molecule has 128 valence electrons. The standard InChI is InChI=1S/C18H34O2.Pd/c1-2-3-4-5-6-7-8-9-10-11-12-13-14-15-16-17-18(19)20;/h9-10H,2-8,11-17H2,1H3,(H,19,20);. The minimum Gasteiger partial charge on any atom is -0.481 e. The van der Waals surface area contributed by atoms with Gasteiger partial charge < -0.3 is 5.11 Å². The van der Waals surface area contributed by atoms with E-state index in [2.05, 4.69) is 19.1 Å². The Hall–Kier alpha value is -0.128. The Morgan fingerprint density at radius 2 is 1.19 bits per heavy atom. The van der Waals surface area contributed by atoms with E-state index in [-0.39, 0.29) is 20.4 Å². The van der Waals surface area contributed by atoms with Crippen molar-refractivity contribution in [1.29, 1.82) is 0 Å². The Morgan fingerprint density at radius 3 is 1.67 bits per heavy atom. The third-order valence-corrected chi connectivity index (χ3v) is 3.65. The summed E-state index contributed by atoms with van der Waals surface area (Å²) in [5.41, 5.74) is 0. The van der Waals surface area contributed by atoms with Gasteiger partial charge in [0.25, 0.3) is 0 Å². The van der Waals surface area contributed by atoms with Crippen LogP contribution in [0.5, 0.6) is 0 Å². The Kier molecular flexibility index (Phi) is 21.9. The molecule has 2 nitrogen and oxygen atoms in total. The molecule has 0 aliphatic carbocycles. The van der Waals surface area contributed by atoms with Crippen molar-refractivity contribution in [3.63, 3.8) is 0 Å². The van der Waals surface area contributed by atoms with Gasteiger partial charge in [0, 0.05) is 26.8 Å². The van der Waals surface area contributed by atoms with Crippen LogP contribution in [0, 0.1) is 0 Å². The van der Waals surface area contributed by atoms with E-state index >= 15 is 0 Å². The van der Waals surface area contributed by atoms with Crippen molar-refractivity contribution in [3.05, 3.63) is 12.2 Å². The van der Waals surface area contributed by atoms with Crippen molar-refractivity contribution in [3.8, 4) is 0 Å². The third-order valence-electron chi connectivity index (χ3n) is 3.65. The molecule has 0 saturated heterocycles. The average Bonchev–Trinajstić information content (AvgIpc) is 2.43. The average molecular weight is 389 g/mol. The van der Waals surface area contributed by atoms with E-state index < -0.39 is 5.97 Å². The normalized spacial score (nSPS) is 10.7. The van der Waals surface area contributed by atoms with Crippen LogP contribution in [-0.2, 0) is 25.2 Å². The minimum atomic E-state index is -0.664. The summed E-state index contributed by atoms with van der Waals surface area (Å²) in [6, 6.07) is 0. The second-order valence-corrected chi connectivity index (χ2v) is 5.73. The molecule has 0 fully saturated rings. The molecule has 0 bridgehead atoms. The molecule has 0 aliphatic rings. The summed E-state index contributed by atoms with van der Waals surface area (Å²) in [5.74, 6) is -0.664. The summed E-state index contributed by atoms with van der Waals surface area (Å²) in [4.78, 5) is 10.3. The van der Waals surface area contributed by atoms with Crippen LogP contribution in [0.2, 0.25) is 0 Å². The molecule has 0 amide bonds. The van der Waals surface area contributed by atoms with Gasteiger partial charge in [-0.25, -0.2) is 0 Å². The van der Waals surface area contributed by atoms with Gasteiger partial charge in [-0.05, 0) is 32.1 Å². The number of rotatable bonds is 15. The molecule has 0 unspecified atom stereocenters. The van der Waals surface area contributed by atoms with E-state index in [4.69, 9.17) is 5.11 Å². The van der Waals surface area contributed by atoms with Crippen molar-refractivity contribution < 1.29 is 30.3 Å². The van der Waals surface area contributed by atoms with Crippen molar-refractivity contribution >= 4 is 5.97 Å². The van der Waals surface area contributed by atoms with Gasteiger partial charge >= 0.3 is 5.97 Å². The zero-order valence-corrected chi connectivity index (χ0v) is 15.3. The second-order valence-electron chi connectivity index (χ2n) is 5.73. The Labute approximate surface area is 145 Å². The predicted molar refractivity (Wildman–Crippen MR) is 87.1 cm³/mol. The number of unbranched alkanes of at least 4 members (excludes halogenated alkanes) is 11.